The molecule has 1 aromatic rings. The third-order valence-electron chi connectivity index (χ3n) is 3.94. The zero-order valence-electron chi connectivity index (χ0n) is 10.2. The van der Waals surface area contributed by atoms with E-state index in [4.69, 9.17) is 0 Å². The largest absolute Gasteiger partial charge is 0.345 e. The van der Waals surface area contributed by atoms with Crippen LogP contribution in [0.1, 0.15) is 28.8 Å². The molecule has 2 aliphatic rings. The van der Waals surface area contributed by atoms with Gasteiger partial charge < -0.3 is 10.2 Å². The predicted molar refractivity (Wildman–Crippen MR) is 67.1 cm³/mol. The van der Waals surface area contributed by atoms with Gasteiger partial charge in [0, 0.05) is 12.1 Å². The highest BCUT2D eigenvalue weighted by Crippen LogP contribution is 2.30. The molecular weight excluding hydrogens is 212 g/mol. The van der Waals surface area contributed by atoms with E-state index in [2.05, 4.69) is 23.3 Å². The minimum Gasteiger partial charge on any atom is -0.345 e. The molecule has 0 aliphatic carbocycles. The molecule has 0 radical (unpaired) electrons. The Morgan fingerprint density at radius 3 is 3.00 bits per heavy atom. The van der Waals surface area contributed by atoms with Crippen LogP contribution in [-0.4, -0.2) is 36.5 Å². The van der Waals surface area contributed by atoms with Crippen molar-refractivity contribution in [3.63, 3.8) is 0 Å². The number of fused-ring (bicyclic) bond motifs is 1. The molecule has 3 nitrogen and oxygen atoms in total. The number of nitrogens with one attached hydrogen (secondary N) is 1. The van der Waals surface area contributed by atoms with E-state index < -0.39 is 0 Å². The van der Waals surface area contributed by atoms with Crippen LogP contribution in [0.25, 0.3) is 0 Å². The summed E-state index contributed by atoms with van der Waals surface area (Å²) >= 11 is 0. The number of hydrogen-bond donors (Lipinski definition) is 1. The summed E-state index contributed by atoms with van der Waals surface area (Å²) in [6, 6.07) is 7.97. The van der Waals surface area contributed by atoms with Crippen LogP contribution in [0.15, 0.2) is 24.3 Å². The molecule has 1 amide bonds. The maximum absolute atomic E-state index is 12.1. The summed E-state index contributed by atoms with van der Waals surface area (Å²) in [4.78, 5) is 14.5. The third kappa shape index (κ3) is 1.84. The van der Waals surface area contributed by atoms with E-state index in [0.29, 0.717) is 0 Å². The normalized spacial score (nSPS) is 28.9. The number of amides is 1. The lowest BCUT2D eigenvalue weighted by Crippen LogP contribution is -2.61. The average Bonchev–Trinajstić information content (AvgIpc) is 2.28. The average molecular weight is 230 g/mol. The van der Waals surface area contributed by atoms with Crippen molar-refractivity contribution in [3.05, 3.63) is 35.4 Å². The minimum atomic E-state index is -0.0293. The number of rotatable bonds is 0. The molecule has 0 saturated carbocycles. The number of carbonyl (C=O) groups excluding carboxylic acids is 1. The van der Waals surface area contributed by atoms with E-state index in [1.54, 1.807) is 0 Å². The molecule has 2 aliphatic heterocycles. The van der Waals surface area contributed by atoms with Gasteiger partial charge in [-0.1, -0.05) is 18.2 Å². The second-order valence-electron chi connectivity index (χ2n) is 5.41. The van der Waals surface area contributed by atoms with E-state index >= 15 is 0 Å². The molecule has 2 heterocycles. The van der Waals surface area contributed by atoms with E-state index in [1.807, 2.05) is 18.2 Å². The molecule has 1 spiro atoms. The van der Waals surface area contributed by atoms with Gasteiger partial charge in [0.25, 0.3) is 5.91 Å². The fraction of sp³-hybridized carbons (Fsp3) is 0.500. The van der Waals surface area contributed by atoms with Crippen LogP contribution in [-0.2, 0) is 6.42 Å². The van der Waals surface area contributed by atoms with Crippen LogP contribution < -0.4 is 5.32 Å². The second-order valence-corrected chi connectivity index (χ2v) is 5.41. The van der Waals surface area contributed by atoms with Crippen LogP contribution in [0.3, 0.4) is 0 Å². The number of hydrogen-bond acceptors (Lipinski definition) is 2. The van der Waals surface area contributed by atoms with Gasteiger partial charge in [-0.3, -0.25) is 4.79 Å². The van der Waals surface area contributed by atoms with Crippen LogP contribution in [0.4, 0.5) is 0 Å². The van der Waals surface area contributed by atoms with Crippen molar-refractivity contribution in [1.82, 2.24) is 10.2 Å². The Bertz CT molecular complexity index is 457. The fourth-order valence-corrected chi connectivity index (χ4v) is 3.22. The molecule has 1 saturated heterocycles. The highest BCUT2D eigenvalue weighted by atomic mass is 16.1. The van der Waals surface area contributed by atoms with E-state index in [9.17, 15) is 4.79 Å². The Labute approximate surface area is 102 Å². The summed E-state index contributed by atoms with van der Waals surface area (Å²) in [6.45, 7) is 2.10. The van der Waals surface area contributed by atoms with Crippen molar-refractivity contribution in [3.8, 4) is 0 Å². The topological polar surface area (TPSA) is 32.3 Å². The van der Waals surface area contributed by atoms with E-state index in [-0.39, 0.29) is 11.4 Å². The molecule has 17 heavy (non-hydrogen) atoms. The number of nitrogens with zero attached hydrogens (tertiary/aromatic N) is 1. The van der Waals surface area contributed by atoms with Gasteiger partial charge in [-0.2, -0.15) is 0 Å². The molecule has 1 aromatic carbocycles. The van der Waals surface area contributed by atoms with Crippen molar-refractivity contribution >= 4 is 5.91 Å². The van der Waals surface area contributed by atoms with Gasteiger partial charge in [0.1, 0.15) is 0 Å². The molecule has 90 valence electrons. The van der Waals surface area contributed by atoms with Crippen molar-refractivity contribution < 1.29 is 4.79 Å². The maximum Gasteiger partial charge on any atom is 0.252 e. The first-order valence-electron chi connectivity index (χ1n) is 6.28. The summed E-state index contributed by atoms with van der Waals surface area (Å²) in [5.74, 6) is 0.0992. The second kappa shape index (κ2) is 3.84. The zero-order chi connectivity index (χ0) is 11.9. The smallest absolute Gasteiger partial charge is 0.252 e. The lowest BCUT2D eigenvalue weighted by atomic mass is 9.79. The van der Waals surface area contributed by atoms with Gasteiger partial charge in [0.2, 0.25) is 0 Å². The highest BCUT2D eigenvalue weighted by Gasteiger charge is 2.39. The van der Waals surface area contributed by atoms with Gasteiger partial charge in [0.15, 0.2) is 0 Å². The minimum absolute atomic E-state index is 0.0293. The fourth-order valence-electron chi connectivity index (χ4n) is 3.22. The summed E-state index contributed by atoms with van der Waals surface area (Å²) in [7, 11) is 2.13. The summed E-state index contributed by atoms with van der Waals surface area (Å²) < 4.78 is 0. The SMILES string of the molecule is CN1CCCC2(Cc3ccccc3C(=O)N2)C1. The maximum atomic E-state index is 12.1. The summed E-state index contributed by atoms with van der Waals surface area (Å²) in [5, 5.41) is 3.24. The molecule has 3 rings (SSSR count). The standard InChI is InChI=1S/C14H18N2O/c1-16-8-4-7-14(10-16)9-11-5-2-3-6-12(11)13(17)15-14/h2-3,5-6H,4,7-10H2,1H3,(H,15,17). The Kier molecular flexibility index (Phi) is 2.44. The molecule has 3 heteroatoms. The Balaban J connectivity index is 1.95. The van der Waals surface area contributed by atoms with E-state index in [1.165, 1.54) is 12.0 Å². The Morgan fingerprint density at radius 2 is 2.18 bits per heavy atom. The first-order valence-corrected chi connectivity index (χ1v) is 6.28. The van der Waals surface area contributed by atoms with Crippen molar-refractivity contribution in [1.29, 1.82) is 0 Å². The monoisotopic (exact) mass is 230 g/mol. The number of benzene rings is 1. The summed E-state index contributed by atoms with van der Waals surface area (Å²) in [5.41, 5.74) is 2.02. The number of piperidine rings is 1. The van der Waals surface area contributed by atoms with Crippen LogP contribution in [0, 0.1) is 0 Å². The van der Waals surface area contributed by atoms with Gasteiger partial charge >= 0.3 is 0 Å². The van der Waals surface area contributed by atoms with Crippen molar-refractivity contribution in [2.45, 2.75) is 24.8 Å². The van der Waals surface area contributed by atoms with Gasteiger partial charge in [0.05, 0.1) is 5.54 Å². The molecule has 0 bridgehead atoms. The lowest BCUT2D eigenvalue weighted by Gasteiger charge is -2.44. The molecule has 0 aromatic heterocycles. The van der Waals surface area contributed by atoms with Crippen molar-refractivity contribution in [2.75, 3.05) is 20.1 Å². The van der Waals surface area contributed by atoms with Crippen molar-refractivity contribution in [2.24, 2.45) is 0 Å². The van der Waals surface area contributed by atoms with Gasteiger partial charge in [-0.05, 0) is 44.5 Å². The van der Waals surface area contributed by atoms with E-state index in [0.717, 1.165) is 31.5 Å². The predicted octanol–water partition coefficient (Wildman–Crippen LogP) is 1.44. The number of likely N-dealkylation sites (tertiary alicyclic amines) is 1. The zero-order valence-corrected chi connectivity index (χ0v) is 10.2. The highest BCUT2D eigenvalue weighted by molar-refractivity contribution is 5.97. The summed E-state index contributed by atoms with van der Waals surface area (Å²) in [6.07, 6.45) is 3.23. The third-order valence-corrected chi connectivity index (χ3v) is 3.94. The molecule has 1 N–H and O–H groups in total. The first-order chi connectivity index (χ1) is 8.19. The first kappa shape index (κ1) is 10.8. The van der Waals surface area contributed by atoms with Gasteiger partial charge in [-0.15, -0.1) is 0 Å². The number of likely N-dealkylation sites (N-methyl/N-ethyl adjacent to an activating group) is 1. The van der Waals surface area contributed by atoms with Gasteiger partial charge in [-0.25, -0.2) is 0 Å². The molecule has 1 unspecified atom stereocenters. The quantitative estimate of drug-likeness (QED) is 0.731. The molecule has 1 atom stereocenters. The lowest BCUT2D eigenvalue weighted by molar-refractivity contribution is 0.0780. The van der Waals surface area contributed by atoms with Crippen LogP contribution in [0.2, 0.25) is 0 Å². The molecular formula is C14H18N2O. The Hall–Kier alpha value is -1.35. The van der Waals surface area contributed by atoms with Crippen LogP contribution >= 0.6 is 0 Å². The Morgan fingerprint density at radius 1 is 1.35 bits per heavy atom. The van der Waals surface area contributed by atoms with Crippen LogP contribution in [0.5, 0.6) is 0 Å². The molecule has 1 fully saturated rings. The number of carbonyl (C=O) groups is 1.